The van der Waals surface area contributed by atoms with Crippen molar-refractivity contribution in [1.29, 1.82) is 0 Å². The summed E-state index contributed by atoms with van der Waals surface area (Å²) in [6, 6.07) is 1.76. The molecular formula is C11H19N3O4. The van der Waals surface area contributed by atoms with E-state index >= 15 is 0 Å². The molecule has 0 amide bonds. The monoisotopic (exact) mass is 257 g/mol. The minimum absolute atomic E-state index is 0.544. The number of aromatic nitrogens is 2. The summed E-state index contributed by atoms with van der Waals surface area (Å²) in [4.78, 5) is 17.2. The second-order valence-corrected chi connectivity index (χ2v) is 3.39. The number of carboxylic acid groups (broad SMARTS) is 1. The van der Waals surface area contributed by atoms with Crippen molar-refractivity contribution < 1.29 is 19.4 Å². The molecule has 0 atom stereocenters. The van der Waals surface area contributed by atoms with Gasteiger partial charge in [-0.05, 0) is 13.0 Å². The van der Waals surface area contributed by atoms with Crippen molar-refractivity contribution in [3.63, 3.8) is 0 Å². The Kier molecular flexibility index (Phi) is 6.84. The molecule has 1 aromatic rings. The fraction of sp³-hybridized carbons (Fsp3) is 0.545. The van der Waals surface area contributed by atoms with Gasteiger partial charge in [0.15, 0.2) is 0 Å². The van der Waals surface area contributed by atoms with Gasteiger partial charge in [0.05, 0.1) is 0 Å². The molecule has 1 aromatic heterocycles. The first-order valence-electron chi connectivity index (χ1n) is 5.20. The van der Waals surface area contributed by atoms with Crippen LogP contribution in [0.4, 0.5) is 5.95 Å². The first kappa shape index (κ1) is 16.3. The van der Waals surface area contributed by atoms with E-state index in [0.29, 0.717) is 11.6 Å². The van der Waals surface area contributed by atoms with Crippen LogP contribution in [0.15, 0.2) is 12.3 Å². The maximum Gasteiger partial charge on any atom is 0.300 e. The number of nitrogens with one attached hydrogen (secondary N) is 1. The number of nitrogens with zero attached hydrogens (tertiary/aromatic N) is 2. The predicted octanol–water partition coefficient (Wildman–Crippen LogP) is 1.07. The van der Waals surface area contributed by atoms with Crippen molar-refractivity contribution in [3.05, 3.63) is 18.0 Å². The highest BCUT2D eigenvalue weighted by atomic mass is 16.7. The van der Waals surface area contributed by atoms with E-state index in [1.54, 1.807) is 40.5 Å². The highest BCUT2D eigenvalue weighted by molar-refractivity contribution is 5.62. The molecule has 0 bridgehead atoms. The van der Waals surface area contributed by atoms with Gasteiger partial charge in [-0.3, -0.25) is 4.79 Å². The van der Waals surface area contributed by atoms with Gasteiger partial charge < -0.3 is 19.9 Å². The quantitative estimate of drug-likeness (QED) is 0.779. The lowest BCUT2D eigenvalue weighted by Gasteiger charge is -2.25. The summed E-state index contributed by atoms with van der Waals surface area (Å²) < 4.78 is 10.5. The smallest absolute Gasteiger partial charge is 0.300 e. The first-order chi connectivity index (χ1) is 8.39. The van der Waals surface area contributed by atoms with Crippen LogP contribution in [0.3, 0.4) is 0 Å². The fourth-order valence-corrected chi connectivity index (χ4v) is 1.02. The highest BCUT2D eigenvalue weighted by Crippen LogP contribution is 2.23. The van der Waals surface area contributed by atoms with E-state index in [0.717, 1.165) is 6.92 Å². The number of hydrogen-bond acceptors (Lipinski definition) is 6. The summed E-state index contributed by atoms with van der Waals surface area (Å²) in [5.41, 5.74) is 0.682. The molecule has 0 saturated heterocycles. The molecule has 0 fully saturated rings. The van der Waals surface area contributed by atoms with Crippen molar-refractivity contribution >= 4 is 11.9 Å². The molecule has 7 nitrogen and oxygen atoms in total. The van der Waals surface area contributed by atoms with E-state index < -0.39 is 11.8 Å². The van der Waals surface area contributed by atoms with E-state index in [1.165, 1.54) is 0 Å². The summed E-state index contributed by atoms with van der Waals surface area (Å²) in [5.74, 6) is -1.11. The number of ether oxygens (including phenoxy) is 2. The van der Waals surface area contributed by atoms with Crippen LogP contribution >= 0.6 is 0 Å². The molecule has 0 aliphatic heterocycles. The molecule has 0 aliphatic carbocycles. The average Bonchev–Trinajstić information content (AvgIpc) is 2.37. The zero-order valence-electron chi connectivity index (χ0n) is 11.2. The second-order valence-electron chi connectivity index (χ2n) is 3.39. The zero-order valence-corrected chi connectivity index (χ0v) is 11.2. The van der Waals surface area contributed by atoms with Crippen molar-refractivity contribution in [3.8, 4) is 0 Å². The van der Waals surface area contributed by atoms with E-state index in [4.69, 9.17) is 19.4 Å². The van der Waals surface area contributed by atoms with Gasteiger partial charge in [0.25, 0.3) is 5.97 Å². The fourth-order valence-electron chi connectivity index (χ4n) is 1.02. The normalized spacial score (nSPS) is 10.3. The van der Waals surface area contributed by atoms with Crippen LogP contribution in [-0.2, 0) is 20.1 Å². The molecule has 0 saturated carbocycles. The molecule has 0 unspecified atom stereocenters. The van der Waals surface area contributed by atoms with Crippen LogP contribution in [0, 0.1) is 0 Å². The van der Waals surface area contributed by atoms with E-state index in [-0.39, 0.29) is 0 Å². The number of methoxy groups -OCH3 is 2. The molecule has 7 heteroatoms. The zero-order chi connectivity index (χ0) is 14.2. The number of carboxylic acids is 1. The van der Waals surface area contributed by atoms with Crippen LogP contribution in [0.1, 0.15) is 19.5 Å². The predicted molar refractivity (Wildman–Crippen MR) is 66.3 cm³/mol. The number of anilines is 1. The minimum atomic E-state index is -0.833. The average molecular weight is 257 g/mol. The third kappa shape index (κ3) is 5.07. The van der Waals surface area contributed by atoms with Crippen molar-refractivity contribution in [2.75, 3.05) is 26.6 Å². The molecule has 0 spiro atoms. The van der Waals surface area contributed by atoms with Crippen LogP contribution < -0.4 is 5.32 Å². The maximum atomic E-state index is 9.00. The third-order valence-electron chi connectivity index (χ3n) is 2.12. The van der Waals surface area contributed by atoms with Gasteiger partial charge in [0, 0.05) is 34.4 Å². The largest absolute Gasteiger partial charge is 0.481 e. The Morgan fingerprint density at radius 3 is 2.33 bits per heavy atom. The van der Waals surface area contributed by atoms with Crippen molar-refractivity contribution in [2.24, 2.45) is 0 Å². The lowest BCUT2D eigenvalue weighted by atomic mass is 10.2. The van der Waals surface area contributed by atoms with Crippen LogP contribution in [0.2, 0.25) is 0 Å². The van der Waals surface area contributed by atoms with E-state index in [2.05, 4.69) is 15.3 Å². The third-order valence-corrected chi connectivity index (χ3v) is 2.12. The molecule has 1 rings (SSSR count). The molecule has 18 heavy (non-hydrogen) atoms. The van der Waals surface area contributed by atoms with Gasteiger partial charge in [-0.2, -0.15) is 0 Å². The molecule has 102 valence electrons. The molecular weight excluding hydrogens is 238 g/mol. The van der Waals surface area contributed by atoms with E-state index in [1.807, 2.05) is 0 Å². The summed E-state index contributed by atoms with van der Waals surface area (Å²) in [5, 5.41) is 10.3. The second kappa shape index (κ2) is 7.57. The van der Waals surface area contributed by atoms with E-state index in [9.17, 15) is 0 Å². The van der Waals surface area contributed by atoms with Gasteiger partial charge in [-0.1, -0.05) is 0 Å². The Labute approximate surface area is 106 Å². The van der Waals surface area contributed by atoms with Crippen molar-refractivity contribution in [2.45, 2.75) is 19.6 Å². The molecule has 2 N–H and O–H groups in total. The lowest BCUT2D eigenvalue weighted by Crippen LogP contribution is -2.28. The van der Waals surface area contributed by atoms with Crippen LogP contribution in [0.25, 0.3) is 0 Å². The number of rotatable bonds is 4. The number of carbonyl (C=O) groups is 1. The highest BCUT2D eigenvalue weighted by Gasteiger charge is 2.27. The summed E-state index contributed by atoms with van der Waals surface area (Å²) in [6.45, 7) is 2.88. The topological polar surface area (TPSA) is 93.6 Å². The summed E-state index contributed by atoms with van der Waals surface area (Å²) in [6.07, 6.45) is 1.66. The Bertz CT molecular complexity index is 376. The van der Waals surface area contributed by atoms with Crippen LogP contribution in [-0.4, -0.2) is 42.3 Å². The SMILES string of the molecule is CC(=O)O.CNc1nccc(C(C)(OC)OC)n1. The summed E-state index contributed by atoms with van der Waals surface area (Å²) >= 11 is 0. The molecule has 0 aromatic carbocycles. The van der Waals surface area contributed by atoms with Gasteiger partial charge >= 0.3 is 0 Å². The Hall–Kier alpha value is -1.73. The van der Waals surface area contributed by atoms with Crippen molar-refractivity contribution in [1.82, 2.24) is 9.97 Å². The Morgan fingerprint density at radius 1 is 1.44 bits per heavy atom. The molecule has 1 heterocycles. The van der Waals surface area contributed by atoms with Crippen LogP contribution in [0.5, 0.6) is 0 Å². The summed E-state index contributed by atoms with van der Waals surface area (Å²) in [7, 11) is 4.91. The Morgan fingerprint density at radius 2 is 1.94 bits per heavy atom. The number of hydrogen-bond donors (Lipinski definition) is 2. The lowest BCUT2D eigenvalue weighted by molar-refractivity contribution is -0.204. The standard InChI is InChI=1S/C9H15N3O2.C2H4O2/c1-9(13-3,14-4)7-5-6-11-8(10-2)12-7;1-2(3)4/h5-6H,1-4H3,(H,10,11,12);1H3,(H,3,4). The van der Waals surface area contributed by atoms with Gasteiger partial charge in [0.1, 0.15) is 5.69 Å². The Balaban J connectivity index is 0.000000631. The first-order valence-corrected chi connectivity index (χ1v) is 5.20. The van der Waals surface area contributed by atoms with Gasteiger partial charge in [0.2, 0.25) is 11.7 Å². The molecule has 0 radical (unpaired) electrons. The molecule has 0 aliphatic rings. The number of aliphatic carboxylic acids is 1. The van der Waals surface area contributed by atoms with Gasteiger partial charge in [-0.25, -0.2) is 9.97 Å². The van der Waals surface area contributed by atoms with Gasteiger partial charge in [-0.15, -0.1) is 0 Å². The minimum Gasteiger partial charge on any atom is -0.481 e. The maximum absolute atomic E-state index is 9.00.